The molecule has 1 atom stereocenters. The van der Waals surface area contributed by atoms with E-state index in [0.717, 1.165) is 5.56 Å². The van der Waals surface area contributed by atoms with Crippen LogP contribution in [0.5, 0.6) is 5.75 Å². The number of hydrogen-bond donors (Lipinski definition) is 1. The molecule has 1 aromatic heterocycles. The molecule has 0 saturated heterocycles. The molecule has 27 heavy (non-hydrogen) atoms. The minimum Gasteiger partial charge on any atom is -0.492 e. The Balaban J connectivity index is 1.65. The highest BCUT2D eigenvalue weighted by molar-refractivity contribution is 8.00. The highest BCUT2D eigenvalue weighted by Crippen LogP contribution is 2.26. The number of carbonyl (C=O) groups is 1. The van der Waals surface area contributed by atoms with Crippen LogP contribution in [0.3, 0.4) is 0 Å². The Morgan fingerprint density at radius 1 is 1.19 bits per heavy atom. The number of thioether (sulfide) groups is 1. The first kappa shape index (κ1) is 18.9. The molecule has 0 aliphatic rings. The molecule has 3 aromatic rings. The van der Waals surface area contributed by atoms with Crippen molar-refractivity contribution >= 4 is 23.4 Å². The Kier molecular flexibility index (Phi) is 6.43. The van der Waals surface area contributed by atoms with Crippen molar-refractivity contribution < 1.29 is 9.53 Å². The fraction of sp³-hybridized carbons (Fsp3) is 0.263. The van der Waals surface area contributed by atoms with Crippen LogP contribution in [0.15, 0.2) is 59.8 Å². The summed E-state index contributed by atoms with van der Waals surface area (Å²) in [5, 5.41) is 15.0. The zero-order valence-electron chi connectivity index (χ0n) is 15.2. The maximum Gasteiger partial charge on any atom is 0.237 e. The van der Waals surface area contributed by atoms with Crippen molar-refractivity contribution in [3.8, 4) is 5.75 Å². The van der Waals surface area contributed by atoms with Crippen LogP contribution in [-0.2, 0) is 11.3 Å². The van der Waals surface area contributed by atoms with E-state index in [2.05, 4.69) is 20.8 Å². The number of carbonyl (C=O) groups excluding carboxylic acids is 1. The third-order valence-electron chi connectivity index (χ3n) is 3.77. The highest BCUT2D eigenvalue weighted by atomic mass is 32.2. The Morgan fingerprint density at radius 2 is 1.93 bits per heavy atom. The van der Waals surface area contributed by atoms with Crippen LogP contribution in [0.4, 0.5) is 5.69 Å². The van der Waals surface area contributed by atoms with Gasteiger partial charge in [0.1, 0.15) is 5.75 Å². The summed E-state index contributed by atoms with van der Waals surface area (Å²) in [7, 11) is 0. The maximum absolute atomic E-state index is 12.6. The number of tetrazole rings is 1. The van der Waals surface area contributed by atoms with Crippen molar-refractivity contribution in [3.63, 3.8) is 0 Å². The zero-order valence-corrected chi connectivity index (χ0v) is 16.0. The average Bonchev–Trinajstić information content (AvgIpc) is 3.11. The number of nitrogens with one attached hydrogen (secondary N) is 1. The molecule has 140 valence electrons. The minimum atomic E-state index is -0.375. The molecule has 0 fully saturated rings. The number of hydrogen-bond acceptors (Lipinski definition) is 6. The number of para-hydroxylation sites is 2. The van der Waals surface area contributed by atoms with E-state index in [0.29, 0.717) is 29.7 Å². The molecule has 0 aliphatic carbocycles. The van der Waals surface area contributed by atoms with Gasteiger partial charge in [-0.1, -0.05) is 54.2 Å². The predicted octanol–water partition coefficient (Wildman–Crippen LogP) is 3.24. The van der Waals surface area contributed by atoms with E-state index in [4.69, 9.17) is 4.74 Å². The lowest BCUT2D eigenvalue weighted by Crippen LogP contribution is -2.23. The zero-order chi connectivity index (χ0) is 19.1. The van der Waals surface area contributed by atoms with Gasteiger partial charge in [-0.3, -0.25) is 4.79 Å². The van der Waals surface area contributed by atoms with Gasteiger partial charge in [0.05, 0.1) is 24.1 Å². The summed E-state index contributed by atoms with van der Waals surface area (Å²) >= 11 is 1.32. The molecule has 0 saturated carbocycles. The van der Waals surface area contributed by atoms with Crippen molar-refractivity contribution in [1.82, 2.24) is 20.2 Å². The van der Waals surface area contributed by atoms with Gasteiger partial charge in [0.25, 0.3) is 0 Å². The first-order valence-electron chi connectivity index (χ1n) is 8.66. The molecular formula is C19H21N5O2S. The second kappa shape index (κ2) is 9.18. The van der Waals surface area contributed by atoms with Gasteiger partial charge in [-0.05, 0) is 42.0 Å². The first-order valence-corrected chi connectivity index (χ1v) is 9.54. The normalized spacial score (nSPS) is 11.8. The third kappa shape index (κ3) is 5.07. The van der Waals surface area contributed by atoms with Crippen LogP contribution >= 0.6 is 11.8 Å². The van der Waals surface area contributed by atoms with Crippen LogP contribution in [0.1, 0.15) is 19.4 Å². The Labute approximate surface area is 162 Å². The Bertz CT molecular complexity index is 885. The van der Waals surface area contributed by atoms with Crippen LogP contribution in [0, 0.1) is 0 Å². The van der Waals surface area contributed by atoms with E-state index in [1.165, 1.54) is 11.8 Å². The highest BCUT2D eigenvalue weighted by Gasteiger charge is 2.20. The SMILES string of the molecule is CCOc1ccccc1NC(=O)C(C)Sc1nnnn1Cc1ccccc1. The van der Waals surface area contributed by atoms with Crippen LogP contribution in [-0.4, -0.2) is 38.0 Å². The molecular weight excluding hydrogens is 362 g/mol. The summed E-state index contributed by atoms with van der Waals surface area (Å²) in [6.45, 7) is 4.82. The lowest BCUT2D eigenvalue weighted by atomic mass is 10.2. The molecule has 1 amide bonds. The van der Waals surface area contributed by atoms with Gasteiger partial charge in [0.15, 0.2) is 0 Å². The predicted molar refractivity (Wildman–Crippen MR) is 105 cm³/mol. The van der Waals surface area contributed by atoms with E-state index < -0.39 is 0 Å². The molecule has 7 nitrogen and oxygen atoms in total. The number of anilines is 1. The number of aromatic nitrogens is 4. The topological polar surface area (TPSA) is 81.9 Å². The summed E-state index contributed by atoms with van der Waals surface area (Å²) in [6, 6.07) is 17.3. The second-order valence-electron chi connectivity index (χ2n) is 5.78. The van der Waals surface area contributed by atoms with Crippen molar-refractivity contribution in [3.05, 3.63) is 60.2 Å². The van der Waals surface area contributed by atoms with Gasteiger partial charge < -0.3 is 10.1 Å². The van der Waals surface area contributed by atoms with E-state index in [-0.39, 0.29) is 11.2 Å². The number of ether oxygens (including phenoxy) is 1. The van der Waals surface area contributed by atoms with E-state index in [1.54, 1.807) is 4.68 Å². The lowest BCUT2D eigenvalue weighted by molar-refractivity contribution is -0.115. The van der Waals surface area contributed by atoms with Crippen molar-refractivity contribution in [2.45, 2.75) is 30.8 Å². The first-order chi connectivity index (χ1) is 13.2. The molecule has 0 aliphatic heterocycles. The van der Waals surface area contributed by atoms with Crippen molar-refractivity contribution in [2.75, 3.05) is 11.9 Å². The number of amides is 1. The average molecular weight is 383 g/mol. The monoisotopic (exact) mass is 383 g/mol. The van der Waals surface area contributed by atoms with Crippen molar-refractivity contribution in [2.24, 2.45) is 0 Å². The Morgan fingerprint density at radius 3 is 2.70 bits per heavy atom. The van der Waals surface area contributed by atoms with Crippen LogP contribution in [0.2, 0.25) is 0 Å². The van der Waals surface area contributed by atoms with Gasteiger partial charge in [-0.2, -0.15) is 0 Å². The smallest absolute Gasteiger partial charge is 0.237 e. The molecule has 1 heterocycles. The Hall–Kier alpha value is -2.87. The van der Waals surface area contributed by atoms with Gasteiger partial charge in [-0.15, -0.1) is 5.10 Å². The fourth-order valence-corrected chi connectivity index (χ4v) is 3.22. The van der Waals surface area contributed by atoms with Gasteiger partial charge in [-0.25, -0.2) is 4.68 Å². The summed E-state index contributed by atoms with van der Waals surface area (Å²) < 4.78 is 7.24. The molecule has 1 N–H and O–H groups in total. The summed E-state index contributed by atoms with van der Waals surface area (Å²) in [4.78, 5) is 12.6. The van der Waals surface area contributed by atoms with E-state index >= 15 is 0 Å². The van der Waals surface area contributed by atoms with Gasteiger partial charge in [0.2, 0.25) is 11.1 Å². The molecule has 2 aromatic carbocycles. The molecule has 0 bridgehead atoms. The molecule has 8 heteroatoms. The summed E-state index contributed by atoms with van der Waals surface area (Å²) in [5.41, 5.74) is 1.75. The van der Waals surface area contributed by atoms with Crippen LogP contribution in [0.25, 0.3) is 0 Å². The number of rotatable bonds is 8. The maximum atomic E-state index is 12.6. The minimum absolute atomic E-state index is 0.138. The van der Waals surface area contributed by atoms with E-state index in [9.17, 15) is 4.79 Å². The van der Waals surface area contributed by atoms with E-state index in [1.807, 2.05) is 68.4 Å². The molecule has 1 unspecified atom stereocenters. The fourth-order valence-electron chi connectivity index (χ4n) is 2.43. The summed E-state index contributed by atoms with van der Waals surface area (Å²) in [6.07, 6.45) is 0. The lowest BCUT2D eigenvalue weighted by Gasteiger charge is -2.14. The molecule has 0 radical (unpaired) electrons. The summed E-state index contributed by atoms with van der Waals surface area (Å²) in [5.74, 6) is 0.515. The molecule has 0 spiro atoms. The largest absolute Gasteiger partial charge is 0.492 e. The van der Waals surface area contributed by atoms with Crippen LogP contribution < -0.4 is 10.1 Å². The van der Waals surface area contributed by atoms with Gasteiger partial charge >= 0.3 is 0 Å². The van der Waals surface area contributed by atoms with Crippen molar-refractivity contribution in [1.29, 1.82) is 0 Å². The number of nitrogens with zero attached hydrogens (tertiary/aromatic N) is 4. The standard InChI is InChI=1S/C19H21N5O2S/c1-3-26-17-12-8-7-11-16(17)20-18(25)14(2)27-19-21-22-23-24(19)13-15-9-5-4-6-10-15/h4-12,14H,3,13H2,1-2H3,(H,20,25). The second-order valence-corrected chi connectivity index (χ2v) is 7.09. The number of benzene rings is 2. The molecule has 3 rings (SSSR count). The third-order valence-corrected chi connectivity index (χ3v) is 4.84. The quantitative estimate of drug-likeness (QED) is 0.602. The van der Waals surface area contributed by atoms with Gasteiger partial charge in [0, 0.05) is 0 Å².